The molecule has 0 radical (unpaired) electrons. The van der Waals surface area contributed by atoms with Crippen molar-refractivity contribution in [2.75, 3.05) is 23.7 Å². The van der Waals surface area contributed by atoms with E-state index in [0.29, 0.717) is 22.8 Å². The summed E-state index contributed by atoms with van der Waals surface area (Å²) in [5.74, 6) is -0.855. The van der Waals surface area contributed by atoms with Crippen LogP contribution in [0.15, 0.2) is 113 Å². The highest BCUT2D eigenvalue weighted by Crippen LogP contribution is 2.27. The SMILES string of the molecule is CCNC(=O)[C@H](Cc1ccccc1)N(Cc1cccc(Cl)c1)C(=O)CN(c1ccc(C)cc1)S(=O)(=O)c1ccc(SC)cc1. The fourth-order valence-corrected chi connectivity index (χ4v) is 6.83. The molecule has 0 saturated heterocycles. The average molecular weight is 650 g/mol. The minimum atomic E-state index is -4.16. The average Bonchev–Trinajstić information content (AvgIpc) is 3.02. The molecule has 0 aliphatic rings. The maximum atomic E-state index is 14.4. The Labute approximate surface area is 269 Å². The highest BCUT2D eigenvalue weighted by atomic mass is 35.5. The molecule has 0 aliphatic carbocycles. The fraction of sp³-hybridized carbons (Fsp3) is 0.235. The number of halogens is 1. The first kappa shape index (κ1) is 33.1. The molecule has 0 spiro atoms. The Morgan fingerprint density at radius 3 is 2.16 bits per heavy atom. The third-order valence-electron chi connectivity index (χ3n) is 7.11. The third kappa shape index (κ3) is 8.43. The summed E-state index contributed by atoms with van der Waals surface area (Å²) >= 11 is 7.79. The number of sulfonamides is 1. The van der Waals surface area contributed by atoms with Gasteiger partial charge in [0, 0.05) is 29.4 Å². The zero-order valence-electron chi connectivity index (χ0n) is 24.9. The van der Waals surface area contributed by atoms with Crippen LogP contribution >= 0.6 is 23.4 Å². The summed E-state index contributed by atoms with van der Waals surface area (Å²) in [6.45, 7) is 3.63. The summed E-state index contributed by atoms with van der Waals surface area (Å²) in [4.78, 5) is 30.4. The highest BCUT2D eigenvalue weighted by Gasteiger charge is 2.34. The molecule has 0 unspecified atom stereocenters. The summed E-state index contributed by atoms with van der Waals surface area (Å²) in [6.07, 6.45) is 2.16. The highest BCUT2D eigenvalue weighted by molar-refractivity contribution is 7.98. The molecule has 0 aliphatic heterocycles. The van der Waals surface area contributed by atoms with Gasteiger partial charge >= 0.3 is 0 Å². The van der Waals surface area contributed by atoms with Crippen molar-refractivity contribution in [2.45, 2.75) is 42.6 Å². The van der Waals surface area contributed by atoms with E-state index in [4.69, 9.17) is 11.6 Å². The van der Waals surface area contributed by atoms with Crippen molar-refractivity contribution < 1.29 is 18.0 Å². The van der Waals surface area contributed by atoms with E-state index in [-0.39, 0.29) is 23.8 Å². The number of aryl methyl sites for hydroxylation is 1. The van der Waals surface area contributed by atoms with Crippen LogP contribution < -0.4 is 9.62 Å². The number of likely N-dealkylation sites (N-methyl/N-ethyl adjacent to an activating group) is 1. The van der Waals surface area contributed by atoms with Crippen LogP contribution in [0.2, 0.25) is 5.02 Å². The van der Waals surface area contributed by atoms with Gasteiger partial charge in [0.15, 0.2) is 0 Å². The number of thioether (sulfide) groups is 1. The van der Waals surface area contributed by atoms with Gasteiger partial charge in [0.2, 0.25) is 11.8 Å². The molecule has 0 fully saturated rings. The molecule has 0 heterocycles. The second-order valence-corrected chi connectivity index (χ2v) is 13.5. The Hall–Kier alpha value is -3.79. The molecule has 4 aromatic carbocycles. The number of nitrogens with zero attached hydrogens (tertiary/aromatic N) is 2. The predicted octanol–water partition coefficient (Wildman–Crippen LogP) is 6.34. The lowest BCUT2D eigenvalue weighted by Crippen LogP contribution is -2.53. The molecule has 2 amide bonds. The smallest absolute Gasteiger partial charge is 0.264 e. The lowest BCUT2D eigenvalue weighted by molar-refractivity contribution is -0.140. The minimum absolute atomic E-state index is 0.0538. The van der Waals surface area contributed by atoms with Crippen LogP contribution in [0, 0.1) is 6.92 Å². The number of rotatable bonds is 13. The zero-order chi connectivity index (χ0) is 31.7. The van der Waals surface area contributed by atoms with E-state index >= 15 is 0 Å². The van der Waals surface area contributed by atoms with Crippen LogP contribution in [-0.2, 0) is 32.6 Å². The molecule has 0 bridgehead atoms. The fourth-order valence-electron chi connectivity index (χ4n) is 4.79. The molecular formula is C34H36ClN3O4S2. The van der Waals surface area contributed by atoms with Crippen LogP contribution in [0.4, 0.5) is 5.69 Å². The molecule has 1 N–H and O–H groups in total. The first-order valence-electron chi connectivity index (χ1n) is 14.2. The maximum Gasteiger partial charge on any atom is 0.264 e. The van der Waals surface area contributed by atoms with Crippen molar-refractivity contribution in [3.8, 4) is 0 Å². The van der Waals surface area contributed by atoms with Crippen LogP contribution in [0.25, 0.3) is 0 Å². The molecule has 0 saturated carbocycles. The lowest BCUT2D eigenvalue weighted by atomic mass is 10.0. The molecule has 4 rings (SSSR count). The number of nitrogens with one attached hydrogen (secondary N) is 1. The normalized spacial score (nSPS) is 11.9. The summed E-state index contributed by atoms with van der Waals surface area (Å²) in [5.41, 5.74) is 2.87. The first-order valence-corrected chi connectivity index (χ1v) is 17.3. The van der Waals surface area contributed by atoms with Crippen molar-refractivity contribution in [2.24, 2.45) is 0 Å². The minimum Gasteiger partial charge on any atom is -0.355 e. The molecule has 0 aromatic heterocycles. The van der Waals surface area contributed by atoms with E-state index in [9.17, 15) is 18.0 Å². The number of anilines is 1. The number of benzene rings is 4. The quantitative estimate of drug-likeness (QED) is 0.171. The van der Waals surface area contributed by atoms with E-state index < -0.39 is 28.5 Å². The van der Waals surface area contributed by atoms with Crippen molar-refractivity contribution in [1.29, 1.82) is 0 Å². The van der Waals surface area contributed by atoms with Gasteiger partial charge in [0.05, 0.1) is 10.6 Å². The van der Waals surface area contributed by atoms with E-state index in [0.717, 1.165) is 20.3 Å². The van der Waals surface area contributed by atoms with Gasteiger partial charge in [-0.2, -0.15) is 0 Å². The molecule has 7 nitrogen and oxygen atoms in total. The van der Waals surface area contributed by atoms with E-state index in [2.05, 4.69) is 5.32 Å². The Bertz CT molecular complexity index is 1670. The summed E-state index contributed by atoms with van der Waals surface area (Å²) in [7, 11) is -4.16. The van der Waals surface area contributed by atoms with Crippen molar-refractivity contribution >= 4 is 50.9 Å². The molecule has 44 heavy (non-hydrogen) atoms. The molecule has 230 valence electrons. The summed E-state index contributed by atoms with van der Waals surface area (Å²) in [6, 6.07) is 29.1. The number of carbonyl (C=O) groups is 2. The maximum absolute atomic E-state index is 14.4. The first-order chi connectivity index (χ1) is 21.1. The second-order valence-electron chi connectivity index (χ2n) is 10.3. The third-order valence-corrected chi connectivity index (χ3v) is 9.88. The number of hydrogen-bond donors (Lipinski definition) is 1. The lowest BCUT2D eigenvalue weighted by Gasteiger charge is -2.34. The Morgan fingerprint density at radius 2 is 1.55 bits per heavy atom. The standard InChI is InChI=1S/C34H36ClN3O4S2/c1-4-36-34(40)32(22-26-9-6-5-7-10-26)37(23-27-11-8-12-28(35)21-27)33(39)24-38(29-15-13-25(2)14-16-29)44(41,42)31-19-17-30(43-3)18-20-31/h5-21,32H,4,22-24H2,1-3H3,(H,36,40)/t32-/m0/s1. The van der Waals surface area contributed by atoms with Crippen molar-refractivity contribution in [3.05, 3.63) is 125 Å². The van der Waals surface area contributed by atoms with Crippen LogP contribution in [0.1, 0.15) is 23.6 Å². The Balaban J connectivity index is 1.79. The van der Waals surface area contributed by atoms with E-state index in [1.54, 1.807) is 66.7 Å². The van der Waals surface area contributed by atoms with Crippen LogP contribution in [0.5, 0.6) is 0 Å². The van der Waals surface area contributed by atoms with Crippen molar-refractivity contribution in [3.63, 3.8) is 0 Å². The Morgan fingerprint density at radius 1 is 0.886 bits per heavy atom. The number of hydrogen-bond acceptors (Lipinski definition) is 5. The van der Waals surface area contributed by atoms with Crippen molar-refractivity contribution in [1.82, 2.24) is 10.2 Å². The molecule has 1 atom stereocenters. The predicted molar refractivity (Wildman–Crippen MR) is 179 cm³/mol. The van der Waals surface area contributed by atoms with E-state index in [1.807, 2.05) is 56.5 Å². The van der Waals surface area contributed by atoms with Gasteiger partial charge in [-0.05, 0) is 79.8 Å². The van der Waals surface area contributed by atoms with Crippen LogP contribution in [-0.4, -0.2) is 50.5 Å². The monoisotopic (exact) mass is 649 g/mol. The number of carbonyl (C=O) groups excluding carboxylic acids is 2. The number of amides is 2. The van der Waals surface area contributed by atoms with Gasteiger partial charge in [-0.1, -0.05) is 71.8 Å². The van der Waals surface area contributed by atoms with Gasteiger partial charge in [0.25, 0.3) is 10.0 Å². The Kier molecular flexibility index (Phi) is 11.5. The summed E-state index contributed by atoms with van der Waals surface area (Å²) in [5, 5.41) is 3.35. The topological polar surface area (TPSA) is 86.8 Å². The second kappa shape index (κ2) is 15.3. The van der Waals surface area contributed by atoms with Gasteiger partial charge < -0.3 is 10.2 Å². The van der Waals surface area contributed by atoms with E-state index in [1.165, 1.54) is 16.7 Å². The molecular weight excluding hydrogens is 614 g/mol. The molecule has 10 heteroatoms. The van der Waals surface area contributed by atoms with Gasteiger partial charge in [-0.3, -0.25) is 13.9 Å². The van der Waals surface area contributed by atoms with Gasteiger partial charge in [-0.15, -0.1) is 11.8 Å². The van der Waals surface area contributed by atoms with Crippen LogP contribution in [0.3, 0.4) is 0 Å². The van der Waals surface area contributed by atoms with Gasteiger partial charge in [0.1, 0.15) is 12.6 Å². The largest absolute Gasteiger partial charge is 0.355 e. The zero-order valence-corrected chi connectivity index (χ0v) is 27.3. The molecule has 4 aromatic rings. The summed E-state index contributed by atoms with van der Waals surface area (Å²) < 4.78 is 29.4. The van der Waals surface area contributed by atoms with Gasteiger partial charge in [-0.25, -0.2) is 8.42 Å².